The number of hydrogen-bond donors (Lipinski definition) is 0. The summed E-state index contributed by atoms with van der Waals surface area (Å²) in [6.07, 6.45) is 4.53. The fraction of sp³-hybridized carbons (Fsp3) is 0.500. The van der Waals surface area contributed by atoms with Crippen molar-refractivity contribution in [3.8, 4) is 0 Å². The Labute approximate surface area is 149 Å². The van der Waals surface area contributed by atoms with Gasteiger partial charge in [-0.1, -0.05) is 27.4 Å². The van der Waals surface area contributed by atoms with Gasteiger partial charge in [-0.15, -0.1) is 0 Å². The van der Waals surface area contributed by atoms with Crippen LogP contribution in [0, 0.1) is 0 Å². The second-order valence-electron chi connectivity index (χ2n) is 8.20. The lowest BCUT2D eigenvalue weighted by atomic mass is 9.88. The van der Waals surface area contributed by atoms with Crippen LogP contribution >= 0.6 is 0 Å². The molecule has 0 aromatic carbocycles. The molecule has 3 rings (SSSR count). The molecule has 0 bridgehead atoms. The van der Waals surface area contributed by atoms with Gasteiger partial charge in [-0.25, -0.2) is 4.98 Å². The van der Waals surface area contributed by atoms with Gasteiger partial charge in [-0.2, -0.15) is 0 Å². The maximum absolute atomic E-state index is 12.8. The Balaban J connectivity index is 1.87. The van der Waals surface area contributed by atoms with Crippen molar-refractivity contribution in [1.82, 2.24) is 19.2 Å². The molecule has 25 heavy (non-hydrogen) atoms. The van der Waals surface area contributed by atoms with E-state index in [1.807, 2.05) is 18.3 Å². The number of rotatable bonds is 3. The Morgan fingerprint density at radius 3 is 2.72 bits per heavy atom. The maximum Gasteiger partial charge on any atom is 0.262 e. The Kier molecular flexibility index (Phi) is 4.45. The van der Waals surface area contributed by atoms with Gasteiger partial charge in [0.15, 0.2) is 0 Å². The summed E-state index contributed by atoms with van der Waals surface area (Å²) in [5, 5.41) is 0. The van der Waals surface area contributed by atoms with E-state index in [4.69, 9.17) is 0 Å². The molecule has 1 aliphatic heterocycles. The van der Waals surface area contributed by atoms with E-state index in [9.17, 15) is 4.79 Å². The second kappa shape index (κ2) is 6.30. The molecule has 1 fully saturated rings. The van der Waals surface area contributed by atoms with Crippen LogP contribution < -0.4 is 5.56 Å². The number of pyridine rings is 1. The number of hydrogen-bond acceptors (Lipinski definition) is 4. The minimum Gasteiger partial charge on any atom is -0.377 e. The second-order valence-corrected chi connectivity index (χ2v) is 8.20. The van der Waals surface area contributed by atoms with Crippen LogP contribution in [0.25, 0.3) is 5.65 Å². The first-order valence-electron chi connectivity index (χ1n) is 8.77. The highest BCUT2D eigenvalue weighted by Crippen LogP contribution is 2.23. The van der Waals surface area contributed by atoms with Crippen molar-refractivity contribution in [2.45, 2.75) is 45.2 Å². The third kappa shape index (κ3) is 3.47. The van der Waals surface area contributed by atoms with Gasteiger partial charge in [0.05, 0.1) is 5.56 Å². The minimum absolute atomic E-state index is 0.0162. The van der Waals surface area contributed by atoms with E-state index in [2.05, 4.69) is 56.2 Å². The Morgan fingerprint density at radius 1 is 1.40 bits per heavy atom. The van der Waals surface area contributed by atoms with Gasteiger partial charge in [-0.3, -0.25) is 14.1 Å². The van der Waals surface area contributed by atoms with Gasteiger partial charge < -0.3 is 4.90 Å². The molecule has 0 unspecified atom stereocenters. The van der Waals surface area contributed by atoms with Crippen LogP contribution in [-0.4, -0.2) is 45.9 Å². The molecule has 1 atom stereocenters. The average Bonchev–Trinajstić information content (AvgIpc) is 2.88. The van der Waals surface area contributed by atoms with Crippen molar-refractivity contribution in [3.05, 3.63) is 58.3 Å². The zero-order chi connectivity index (χ0) is 18.4. The van der Waals surface area contributed by atoms with Crippen molar-refractivity contribution in [1.29, 1.82) is 0 Å². The van der Waals surface area contributed by atoms with E-state index < -0.39 is 0 Å². The quantitative estimate of drug-likeness (QED) is 0.861. The fourth-order valence-corrected chi connectivity index (χ4v) is 3.32. The highest BCUT2D eigenvalue weighted by molar-refractivity contribution is 5.43. The van der Waals surface area contributed by atoms with E-state index in [-0.39, 0.29) is 11.0 Å². The minimum atomic E-state index is 0.0162. The van der Waals surface area contributed by atoms with Crippen LogP contribution in [0.4, 0.5) is 0 Å². The van der Waals surface area contributed by atoms with Crippen molar-refractivity contribution in [2.24, 2.45) is 0 Å². The molecule has 2 aromatic heterocycles. The lowest BCUT2D eigenvalue weighted by molar-refractivity contribution is 0.233. The standard InChI is InChI=1S/C20H28N4O/c1-14-9-17(13-22(14)5)23(6)12-15-11-21-18-10-16(20(2,3)4)7-8-24(18)19(15)25/h7-8,10-11,17H,1,9,12-13H2,2-6H3/t17-/m0/s1. The van der Waals surface area contributed by atoms with Crippen LogP contribution in [-0.2, 0) is 12.0 Å². The zero-order valence-electron chi connectivity index (χ0n) is 15.9. The molecule has 5 nitrogen and oxygen atoms in total. The summed E-state index contributed by atoms with van der Waals surface area (Å²) in [5.41, 5.74) is 3.82. The molecule has 0 spiro atoms. The number of aromatic nitrogens is 2. The molecule has 0 N–H and O–H groups in total. The number of fused-ring (bicyclic) bond motifs is 1. The predicted octanol–water partition coefficient (Wildman–Crippen LogP) is 2.64. The number of likely N-dealkylation sites (tertiary alicyclic amines) is 1. The summed E-state index contributed by atoms with van der Waals surface area (Å²) in [6, 6.07) is 4.41. The van der Waals surface area contributed by atoms with Crippen molar-refractivity contribution in [2.75, 3.05) is 20.6 Å². The molecule has 0 aliphatic carbocycles. The first kappa shape index (κ1) is 17.7. The van der Waals surface area contributed by atoms with Gasteiger partial charge in [0.2, 0.25) is 0 Å². The smallest absolute Gasteiger partial charge is 0.262 e. The van der Waals surface area contributed by atoms with Crippen LogP contribution in [0.3, 0.4) is 0 Å². The molecule has 1 saturated heterocycles. The molecule has 134 valence electrons. The van der Waals surface area contributed by atoms with Crippen molar-refractivity contribution in [3.63, 3.8) is 0 Å². The topological polar surface area (TPSA) is 40.9 Å². The van der Waals surface area contributed by atoms with Crippen molar-refractivity contribution >= 4 is 5.65 Å². The summed E-state index contributed by atoms with van der Waals surface area (Å²) < 4.78 is 1.65. The summed E-state index contributed by atoms with van der Waals surface area (Å²) >= 11 is 0. The molecule has 3 heterocycles. The molecule has 0 saturated carbocycles. The lowest BCUT2D eigenvalue weighted by Crippen LogP contribution is -2.35. The van der Waals surface area contributed by atoms with Crippen LogP contribution in [0.2, 0.25) is 0 Å². The summed E-state index contributed by atoms with van der Waals surface area (Å²) in [6.45, 7) is 12.1. The Hall–Kier alpha value is -2.14. The first-order valence-corrected chi connectivity index (χ1v) is 8.77. The van der Waals surface area contributed by atoms with Crippen LogP contribution in [0.1, 0.15) is 38.3 Å². The zero-order valence-corrected chi connectivity index (χ0v) is 15.9. The fourth-order valence-electron chi connectivity index (χ4n) is 3.32. The predicted molar refractivity (Wildman–Crippen MR) is 102 cm³/mol. The van der Waals surface area contributed by atoms with E-state index in [0.29, 0.717) is 18.2 Å². The average molecular weight is 340 g/mol. The third-order valence-corrected chi connectivity index (χ3v) is 5.19. The van der Waals surface area contributed by atoms with Gasteiger partial charge in [0.1, 0.15) is 5.65 Å². The van der Waals surface area contributed by atoms with Crippen molar-refractivity contribution < 1.29 is 0 Å². The van der Waals surface area contributed by atoms with Gasteiger partial charge in [-0.05, 0) is 30.2 Å². The maximum atomic E-state index is 12.8. The van der Waals surface area contributed by atoms with Crippen LogP contribution in [0.15, 0.2) is 41.6 Å². The van der Waals surface area contributed by atoms with Gasteiger partial charge in [0.25, 0.3) is 5.56 Å². The molecule has 5 heteroatoms. The van der Waals surface area contributed by atoms with Gasteiger partial charge >= 0.3 is 0 Å². The number of likely N-dealkylation sites (N-methyl/N-ethyl adjacent to an activating group) is 2. The molecular formula is C20H28N4O. The SMILES string of the molecule is C=C1C[C@H](N(C)Cc2cnc3cc(C(C)(C)C)ccn3c2=O)CN1C. The van der Waals surface area contributed by atoms with E-state index in [1.165, 1.54) is 5.56 Å². The molecule has 0 amide bonds. The largest absolute Gasteiger partial charge is 0.377 e. The lowest BCUT2D eigenvalue weighted by Gasteiger charge is -2.23. The number of nitrogens with zero attached hydrogens (tertiary/aromatic N) is 4. The highest BCUT2D eigenvalue weighted by Gasteiger charge is 2.26. The third-order valence-electron chi connectivity index (χ3n) is 5.19. The normalized spacial score (nSPS) is 18.6. The molecule has 0 radical (unpaired) electrons. The Morgan fingerprint density at radius 2 is 2.12 bits per heavy atom. The van der Waals surface area contributed by atoms with E-state index in [0.717, 1.165) is 24.2 Å². The molecular weight excluding hydrogens is 312 g/mol. The summed E-state index contributed by atoms with van der Waals surface area (Å²) in [5.74, 6) is 0. The molecule has 1 aliphatic rings. The van der Waals surface area contributed by atoms with Crippen LogP contribution in [0.5, 0.6) is 0 Å². The molecule has 2 aromatic rings. The van der Waals surface area contributed by atoms with E-state index >= 15 is 0 Å². The monoisotopic (exact) mass is 340 g/mol. The van der Waals surface area contributed by atoms with Gasteiger partial charge in [0, 0.05) is 50.7 Å². The highest BCUT2D eigenvalue weighted by atomic mass is 16.1. The summed E-state index contributed by atoms with van der Waals surface area (Å²) in [7, 11) is 4.13. The first-order chi connectivity index (χ1) is 11.7. The summed E-state index contributed by atoms with van der Waals surface area (Å²) in [4.78, 5) is 21.8. The van der Waals surface area contributed by atoms with E-state index in [1.54, 1.807) is 10.6 Å². The Bertz CT molecular complexity index is 862.